The van der Waals surface area contributed by atoms with Crippen molar-refractivity contribution in [3.63, 3.8) is 0 Å². The highest BCUT2D eigenvalue weighted by atomic mass is 15.3. The predicted molar refractivity (Wildman–Crippen MR) is 76.1 cm³/mol. The van der Waals surface area contributed by atoms with Crippen molar-refractivity contribution in [3.05, 3.63) is 54.4 Å². The van der Waals surface area contributed by atoms with Crippen LogP contribution in [0.2, 0.25) is 0 Å². The molecule has 1 aromatic carbocycles. The van der Waals surface area contributed by atoms with E-state index >= 15 is 0 Å². The van der Waals surface area contributed by atoms with E-state index in [-0.39, 0.29) is 0 Å². The van der Waals surface area contributed by atoms with E-state index in [0.29, 0.717) is 0 Å². The molecule has 0 aliphatic heterocycles. The van der Waals surface area contributed by atoms with Crippen molar-refractivity contribution in [3.8, 4) is 0 Å². The normalized spacial score (nSPS) is 11.7. The van der Waals surface area contributed by atoms with Gasteiger partial charge in [0.1, 0.15) is 16.6 Å². The van der Waals surface area contributed by atoms with Crippen LogP contribution in [0.3, 0.4) is 0 Å². The fourth-order valence-electron chi connectivity index (χ4n) is 2.90. The van der Waals surface area contributed by atoms with Gasteiger partial charge < -0.3 is 0 Å². The molecule has 92 valence electrons. The highest BCUT2D eigenvalue weighted by Crippen LogP contribution is 2.28. The molecule has 0 fully saturated rings. The topological polar surface area (TPSA) is 21.2 Å². The summed E-state index contributed by atoms with van der Waals surface area (Å²) in [6.45, 7) is 2.14. The maximum atomic E-state index is 4.61. The van der Waals surface area contributed by atoms with Gasteiger partial charge in [-0.25, -0.2) is 0 Å². The molecule has 3 nitrogen and oxygen atoms in total. The molecule has 0 saturated carbocycles. The van der Waals surface area contributed by atoms with Crippen LogP contribution < -0.4 is 4.68 Å². The summed E-state index contributed by atoms with van der Waals surface area (Å²) in [6.07, 6.45) is 3.98. The first kappa shape index (κ1) is 10.5. The summed E-state index contributed by atoms with van der Waals surface area (Å²) >= 11 is 0. The second kappa shape index (κ2) is 3.54. The van der Waals surface area contributed by atoms with E-state index in [1.165, 1.54) is 27.4 Å². The quantitative estimate of drug-likeness (QED) is 0.346. The number of fused-ring (bicyclic) bond motifs is 6. The van der Waals surface area contributed by atoms with Gasteiger partial charge in [-0.1, -0.05) is 24.3 Å². The van der Waals surface area contributed by atoms with Crippen LogP contribution in [-0.2, 0) is 7.05 Å². The van der Waals surface area contributed by atoms with E-state index in [1.54, 1.807) is 0 Å². The van der Waals surface area contributed by atoms with Crippen LogP contribution >= 0.6 is 0 Å². The third-order valence-corrected chi connectivity index (χ3v) is 3.79. The molecule has 0 spiro atoms. The lowest BCUT2D eigenvalue weighted by molar-refractivity contribution is -0.735. The molecule has 4 rings (SSSR count). The molecule has 19 heavy (non-hydrogen) atoms. The number of aryl methyl sites for hydroxylation is 2. The fourth-order valence-corrected chi connectivity index (χ4v) is 2.90. The summed E-state index contributed by atoms with van der Waals surface area (Å²) in [5, 5.41) is 2.46. The van der Waals surface area contributed by atoms with Crippen LogP contribution in [0.5, 0.6) is 0 Å². The van der Waals surface area contributed by atoms with Crippen LogP contribution in [-0.4, -0.2) is 9.50 Å². The first-order valence-corrected chi connectivity index (χ1v) is 6.41. The Balaban J connectivity index is 2.49. The number of pyridine rings is 2. The molecular weight excluding hydrogens is 234 g/mol. The number of nitrogens with zero attached hydrogens (tertiary/aromatic N) is 3. The highest BCUT2D eigenvalue weighted by Gasteiger charge is 2.16. The first-order chi connectivity index (χ1) is 9.27. The minimum absolute atomic E-state index is 1.06. The smallest absolute Gasteiger partial charge is 0.196 e. The summed E-state index contributed by atoms with van der Waals surface area (Å²) in [4.78, 5) is 4.61. The van der Waals surface area contributed by atoms with Gasteiger partial charge in [-0.05, 0) is 18.6 Å². The van der Waals surface area contributed by atoms with E-state index in [9.17, 15) is 0 Å². The Morgan fingerprint density at radius 3 is 2.68 bits per heavy atom. The Morgan fingerprint density at radius 1 is 1.05 bits per heavy atom. The molecule has 0 atom stereocenters. The maximum absolute atomic E-state index is 4.61. The Kier molecular flexibility index (Phi) is 1.96. The van der Waals surface area contributed by atoms with Gasteiger partial charge in [0.15, 0.2) is 13.2 Å². The number of aromatic nitrogens is 3. The van der Waals surface area contributed by atoms with Crippen LogP contribution in [0.4, 0.5) is 0 Å². The zero-order valence-electron chi connectivity index (χ0n) is 11.0. The highest BCUT2D eigenvalue weighted by molar-refractivity contribution is 6.10. The minimum Gasteiger partial charge on any atom is -0.254 e. The molecule has 3 heteroatoms. The fraction of sp³-hybridized carbons (Fsp3) is 0.125. The van der Waals surface area contributed by atoms with Gasteiger partial charge in [0.25, 0.3) is 0 Å². The van der Waals surface area contributed by atoms with Gasteiger partial charge >= 0.3 is 0 Å². The van der Waals surface area contributed by atoms with Crippen molar-refractivity contribution in [2.45, 2.75) is 6.92 Å². The number of benzene rings is 1. The molecule has 0 N–H and O–H groups in total. The number of rotatable bonds is 0. The molecule has 0 aliphatic carbocycles. The Labute approximate surface area is 110 Å². The second-order valence-corrected chi connectivity index (χ2v) is 4.96. The molecule has 3 aromatic heterocycles. The Bertz CT molecular complexity index is 935. The zero-order valence-corrected chi connectivity index (χ0v) is 11.0. The number of hydrogen-bond acceptors (Lipinski definition) is 1. The monoisotopic (exact) mass is 248 g/mol. The van der Waals surface area contributed by atoms with E-state index in [4.69, 9.17) is 0 Å². The first-order valence-electron chi connectivity index (χ1n) is 6.41. The SMILES string of the molecule is Cc1ccnc2c3ccccc3c3cc[n+](C)n3c12. The van der Waals surface area contributed by atoms with E-state index in [2.05, 4.69) is 70.7 Å². The van der Waals surface area contributed by atoms with Gasteiger partial charge in [-0.3, -0.25) is 4.98 Å². The van der Waals surface area contributed by atoms with Crippen molar-refractivity contribution in [2.75, 3.05) is 0 Å². The molecular formula is C16H14N3+. The van der Waals surface area contributed by atoms with E-state index < -0.39 is 0 Å². The molecule has 0 aliphatic rings. The molecule has 0 amide bonds. The molecule has 3 heterocycles. The van der Waals surface area contributed by atoms with E-state index in [0.717, 1.165) is 5.52 Å². The van der Waals surface area contributed by atoms with Crippen molar-refractivity contribution >= 4 is 27.3 Å². The third kappa shape index (κ3) is 1.27. The third-order valence-electron chi connectivity index (χ3n) is 3.79. The van der Waals surface area contributed by atoms with Gasteiger partial charge in [-0.15, -0.1) is 9.20 Å². The maximum Gasteiger partial charge on any atom is 0.196 e. The largest absolute Gasteiger partial charge is 0.254 e. The minimum atomic E-state index is 1.06. The Hall–Kier alpha value is -2.42. The van der Waals surface area contributed by atoms with Crippen molar-refractivity contribution in [1.82, 2.24) is 9.50 Å². The second-order valence-electron chi connectivity index (χ2n) is 4.96. The average molecular weight is 248 g/mol. The van der Waals surface area contributed by atoms with E-state index in [1.807, 2.05) is 6.20 Å². The van der Waals surface area contributed by atoms with Crippen LogP contribution in [0, 0.1) is 6.92 Å². The zero-order chi connectivity index (χ0) is 13.0. The molecule has 4 aromatic rings. The van der Waals surface area contributed by atoms with Crippen LogP contribution in [0.25, 0.3) is 27.3 Å². The lowest BCUT2D eigenvalue weighted by Gasteiger charge is -2.07. The molecule has 0 bridgehead atoms. The number of hydrogen-bond donors (Lipinski definition) is 0. The Morgan fingerprint density at radius 2 is 1.84 bits per heavy atom. The predicted octanol–water partition coefficient (Wildman–Crippen LogP) is 2.77. The molecule has 0 unspecified atom stereocenters. The standard InChI is InChI=1S/C16H14N3/c1-11-7-9-17-15-13-6-4-3-5-12(13)14-8-10-18(2)19(14)16(11)15/h3-10H,1-2H3/q+1. The van der Waals surface area contributed by atoms with Gasteiger partial charge in [0.05, 0.1) is 0 Å². The molecule has 0 saturated heterocycles. The van der Waals surface area contributed by atoms with Gasteiger partial charge in [0.2, 0.25) is 0 Å². The summed E-state index contributed by atoms with van der Waals surface area (Å²) < 4.78 is 4.35. The summed E-state index contributed by atoms with van der Waals surface area (Å²) in [6, 6.07) is 12.7. The lowest BCUT2D eigenvalue weighted by Crippen LogP contribution is -2.34. The summed E-state index contributed by atoms with van der Waals surface area (Å²) in [5.41, 5.74) is 4.72. The summed E-state index contributed by atoms with van der Waals surface area (Å²) in [7, 11) is 2.06. The van der Waals surface area contributed by atoms with Crippen molar-refractivity contribution in [2.24, 2.45) is 7.05 Å². The lowest BCUT2D eigenvalue weighted by atomic mass is 10.1. The van der Waals surface area contributed by atoms with Crippen molar-refractivity contribution in [1.29, 1.82) is 0 Å². The van der Waals surface area contributed by atoms with Crippen LogP contribution in [0.15, 0.2) is 48.8 Å². The van der Waals surface area contributed by atoms with Gasteiger partial charge in [0, 0.05) is 23.0 Å². The van der Waals surface area contributed by atoms with Gasteiger partial charge in [-0.2, -0.15) is 0 Å². The van der Waals surface area contributed by atoms with Crippen LogP contribution in [0.1, 0.15) is 5.56 Å². The average Bonchev–Trinajstić information content (AvgIpc) is 2.82. The summed E-state index contributed by atoms with van der Waals surface area (Å²) in [5.74, 6) is 0. The van der Waals surface area contributed by atoms with Crippen molar-refractivity contribution < 1.29 is 4.68 Å². The molecule has 0 radical (unpaired) electrons.